The summed E-state index contributed by atoms with van der Waals surface area (Å²) in [4.78, 5) is 22.4. The molecule has 0 bridgehead atoms. The van der Waals surface area contributed by atoms with Gasteiger partial charge in [0.25, 0.3) is 0 Å². The smallest absolute Gasteiger partial charge is 0.313 e. The zero-order chi connectivity index (χ0) is 12.0. The third-order valence-electron chi connectivity index (χ3n) is 1.67. The highest BCUT2D eigenvalue weighted by molar-refractivity contribution is 6.39. The minimum atomic E-state index is -0.851. The maximum absolute atomic E-state index is 12.8. The van der Waals surface area contributed by atoms with Crippen molar-refractivity contribution < 1.29 is 14.0 Å². The molecule has 0 heterocycles. The van der Waals surface area contributed by atoms with Crippen LogP contribution in [0.4, 0.5) is 10.1 Å². The van der Waals surface area contributed by atoms with Crippen LogP contribution < -0.4 is 10.6 Å². The van der Waals surface area contributed by atoms with Crippen LogP contribution in [-0.4, -0.2) is 24.2 Å². The van der Waals surface area contributed by atoms with Crippen LogP contribution in [0.3, 0.4) is 0 Å². The fraction of sp³-hybridized carbons (Fsp3) is 0.200. The average molecular weight is 245 g/mol. The number of carbonyl (C=O) groups excluding carboxylic acids is 2. The summed E-state index contributed by atoms with van der Waals surface area (Å²) in [7, 11) is 0. The zero-order valence-corrected chi connectivity index (χ0v) is 9.05. The summed E-state index contributed by atoms with van der Waals surface area (Å²) in [5, 5.41) is 4.55. The monoisotopic (exact) mass is 244 g/mol. The number of hydrogen-bond donors (Lipinski definition) is 2. The lowest BCUT2D eigenvalue weighted by Gasteiger charge is -2.05. The van der Waals surface area contributed by atoms with E-state index in [-0.39, 0.29) is 18.1 Å². The Labute approximate surface area is 96.8 Å². The van der Waals surface area contributed by atoms with Crippen molar-refractivity contribution in [2.75, 3.05) is 17.7 Å². The first-order chi connectivity index (χ1) is 7.63. The number of anilines is 1. The summed E-state index contributed by atoms with van der Waals surface area (Å²) in [5.74, 6) is -1.92. The quantitative estimate of drug-likeness (QED) is 0.618. The Morgan fingerprint density at radius 3 is 2.69 bits per heavy atom. The molecule has 0 saturated carbocycles. The molecule has 0 saturated heterocycles. The van der Waals surface area contributed by atoms with Crippen molar-refractivity contribution in [3.8, 4) is 0 Å². The van der Waals surface area contributed by atoms with Gasteiger partial charge in [-0.1, -0.05) is 6.07 Å². The molecule has 6 heteroatoms. The van der Waals surface area contributed by atoms with Gasteiger partial charge in [0.05, 0.1) is 0 Å². The lowest BCUT2D eigenvalue weighted by atomic mass is 10.3. The summed E-state index contributed by atoms with van der Waals surface area (Å²) >= 11 is 5.34. The maximum atomic E-state index is 12.8. The molecule has 4 nitrogen and oxygen atoms in total. The van der Waals surface area contributed by atoms with Gasteiger partial charge in [-0.05, 0) is 18.2 Å². The number of benzene rings is 1. The van der Waals surface area contributed by atoms with Gasteiger partial charge in [0, 0.05) is 18.1 Å². The van der Waals surface area contributed by atoms with Crippen LogP contribution in [0.15, 0.2) is 24.3 Å². The standard InChI is InChI=1S/C10H10ClFN2O2/c11-4-5-13-9(15)10(16)14-8-3-1-2-7(12)6-8/h1-3,6H,4-5H2,(H,13,15)(H,14,16). The fourth-order valence-electron chi connectivity index (χ4n) is 0.995. The van der Waals surface area contributed by atoms with E-state index in [1.54, 1.807) is 0 Å². The van der Waals surface area contributed by atoms with E-state index in [1.165, 1.54) is 18.2 Å². The third kappa shape index (κ3) is 3.86. The number of amides is 2. The first kappa shape index (κ1) is 12.4. The highest BCUT2D eigenvalue weighted by Gasteiger charge is 2.12. The van der Waals surface area contributed by atoms with E-state index >= 15 is 0 Å². The van der Waals surface area contributed by atoms with E-state index in [1.807, 2.05) is 0 Å². The number of halogens is 2. The number of carbonyl (C=O) groups is 2. The van der Waals surface area contributed by atoms with Crippen LogP contribution in [0.1, 0.15) is 0 Å². The number of hydrogen-bond acceptors (Lipinski definition) is 2. The van der Waals surface area contributed by atoms with Crippen LogP contribution in [0.25, 0.3) is 0 Å². The van der Waals surface area contributed by atoms with Crippen LogP contribution in [0.5, 0.6) is 0 Å². The molecule has 1 aromatic rings. The Kier molecular flexibility index (Phi) is 4.72. The van der Waals surface area contributed by atoms with Crippen LogP contribution in [0, 0.1) is 5.82 Å². The summed E-state index contributed by atoms with van der Waals surface area (Å²) in [6, 6.07) is 5.27. The van der Waals surface area contributed by atoms with E-state index in [9.17, 15) is 14.0 Å². The normalized spacial score (nSPS) is 9.62. The lowest BCUT2D eigenvalue weighted by molar-refractivity contribution is -0.136. The van der Waals surface area contributed by atoms with Gasteiger partial charge in [-0.3, -0.25) is 9.59 Å². The molecule has 0 atom stereocenters. The largest absolute Gasteiger partial charge is 0.347 e. The third-order valence-corrected chi connectivity index (χ3v) is 1.86. The number of alkyl halides is 1. The minimum Gasteiger partial charge on any atom is -0.347 e. The molecule has 1 aromatic carbocycles. The Morgan fingerprint density at radius 2 is 2.06 bits per heavy atom. The average Bonchev–Trinajstić information content (AvgIpc) is 2.25. The van der Waals surface area contributed by atoms with E-state index in [4.69, 9.17) is 11.6 Å². The summed E-state index contributed by atoms with van der Waals surface area (Å²) in [5.41, 5.74) is 0.228. The second-order valence-corrected chi connectivity index (χ2v) is 3.29. The van der Waals surface area contributed by atoms with Gasteiger partial charge in [-0.15, -0.1) is 11.6 Å². The summed E-state index contributed by atoms with van der Waals surface area (Å²) in [6.07, 6.45) is 0. The van der Waals surface area contributed by atoms with Gasteiger partial charge in [0.2, 0.25) is 0 Å². The molecule has 0 aromatic heterocycles. The molecule has 16 heavy (non-hydrogen) atoms. The van der Waals surface area contributed by atoms with Crippen molar-refractivity contribution in [3.05, 3.63) is 30.1 Å². The van der Waals surface area contributed by atoms with Gasteiger partial charge in [0.15, 0.2) is 0 Å². The molecule has 0 aliphatic rings. The summed E-state index contributed by atoms with van der Waals surface area (Å²) in [6.45, 7) is 0.205. The van der Waals surface area contributed by atoms with Crippen LogP contribution in [0.2, 0.25) is 0 Å². The summed E-state index contributed by atoms with van der Waals surface area (Å²) < 4.78 is 12.8. The molecule has 0 aliphatic heterocycles. The van der Waals surface area contributed by atoms with Gasteiger partial charge in [-0.25, -0.2) is 4.39 Å². The Morgan fingerprint density at radius 1 is 1.31 bits per heavy atom. The van der Waals surface area contributed by atoms with Crippen molar-refractivity contribution in [1.29, 1.82) is 0 Å². The van der Waals surface area contributed by atoms with Gasteiger partial charge in [-0.2, -0.15) is 0 Å². The van der Waals surface area contributed by atoms with Crippen molar-refractivity contribution in [2.45, 2.75) is 0 Å². The van der Waals surface area contributed by atoms with Crippen molar-refractivity contribution in [2.24, 2.45) is 0 Å². The molecule has 0 fully saturated rings. The van der Waals surface area contributed by atoms with Crippen LogP contribution in [-0.2, 0) is 9.59 Å². The predicted octanol–water partition coefficient (Wildman–Crippen LogP) is 1.12. The van der Waals surface area contributed by atoms with Crippen molar-refractivity contribution >= 4 is 29.1 Å². The molecule has 0 radical (unpaired) electrons. The first-order valence-electron chi connectivity index (χ1n) is 4.54. The Balaban J connectivity index is 2.54. The van der Waals surface area contributed by atoms with Gasteiger partial charge in [0.1, 0.15) is 5.82 Å². The fourth-order valence-corrected chi connectivity index (χ4v) is 1.09. The van der Waals surface area contributed by atoms with E-state index in [0.717, 1.165) is 6.07 Å². The molecular weight excluding hydrogens is 235 g/mol. The molecule has 0 spiro atoms. The molecule has 0 unspecified atom stereocenters. The molecule has 1 rings (SSSR count). The van der Waals surface area contributed by atoms with Crippen molar-refractivity contribution in [1.82, 2.24) is 5.32 Å². The SMILES string of the molecule is O=C(NCCCl)C(=O)Nc1cccc(F)c1. The van der Waals surface area contributed by atoms with Crippen molar-refractivity contribution in [3.63, 3.8) is 0 Å². The zero-order valence-electron chi connectivity index (χ0n) is 8.30. The van der Waals surface area contributed by atoms with E-state index < -0.39 is 17.6 Å². The molecule has 86 valence electrons. The topological polar surface area (TPSA) is 58.2 Å². The predicted molar refractivity (Wildman–Crippen MR) is 58.8 cm³/mol. The Bertz CT molecular complexity index is 398. The first-order valence-corrected chi connectivity index (χ1v) is 5.07. The minimum absolute atomic E-state index is 0.205. The highest BCUT2D eigenvalue weighted by atomic mass is 35.5. The van der Waals surface area contributed by atoms with E-state index in [0.29, 0.717) is 0 Å². The molecule has 0 aliphatic carbocycles. The number of rotatable bonds is 3. The van der Waals surface area contributed by atoms with Gasteiger partial charge < -0.3 is 10.6 Å². The second-order valence-electron chi connectivity index (χ2n) is 2.91. The van der Waals surface area contributed by atoms with Crippen LogP contribution >= 0.6 is 11.6 Å². The molecule has 2 amide bonds. The Hall–Kier alpha value is -1.62. The molecule has 2 N–H and O–H groups in total. The molecular formula is C10H10ClFN2O2. The van der Waals surface area contributed by atoms with Gasteiger partial charge >= 0.3 is 11.8 Å². The number of nitrogens with one attached hydrogen (secondary N) is 2. The highest BCUT2D eigenvalue weighted by Crippen LogP contribution is 2.08. The lowest BCUT2D eigenvalue weighted by Crippen LogP contribution is -2.36. The second kappa shape index (κ2) is 6.07. The van der Waals surface area contributed by atoms with E-state index in [2.05, 4.69) is 10.6 Å². The maximum Gasteiger partial charge on any atom is 0.313 e.